The van der Waals surface area contributed by atoms with Gasteiger partial charge in [-0.25, -0.2) is 0 Å². The predicted octanol–water partition coefficient (Wildman–Crippen LogP) is 2.70. The summed E-state index contributed by atoms with van der Waals surface area (Å²) >= 11 is 6.22. The molecule has 5 nitrogen and oxygen atoms in total. The number of hydrogen-bond donors (Lipinski definition) is 2. The third kappa shape index (κ3) is 2.64. The normalized spacial score (nSPS) is 23.8. The highest BCUT2D eigenvalue weighted by Gasteiger charge is 2.38. The van der Waals surface area contributed by atoms with Crippen molar-refractivity contribution >= 4 is 17.5 Å². The van der Waals surface area contributed by atoms with Crippen LogP contribution in [0.3, 0.4) is 0 Å². The van der Waals surface area contributed by atoms with Gasteiger partial charge in [-0.2, -0.15) is 5.10 Å². The van der Waals surface area contributed by atoms with Gasteiger partial charge in [0.2, 0.25) is 0 Å². The number of nitrogens with one attached hydrogen (secondary N) is 2. The Morgan fingerprint density at radius 3 is 2.91 bits per heavy atom. The monoisotopic (exact) mass is 330 g/mol. The van der Waals surface area contributed by atoms with E-state index in [1.807, 2.05) is 29.2 Å². The zero-order valence-corrected chi connectivity index (χ0v) is 13.5. The number of nitrogens with zero attached hydrogens (tertiary/aromatic N) is 2. The van der Waals surface area contributed by atoms with Gasteiger partial charge in [0, 0.05) is 24.2 Å². The molecule has 2 bridgehead atoms. The first-order valence-electron chi connectivity index (χ1n) is 8.08. The molecule has 2 atom stereocenters. The number of rotatable bonds is 2. The summed E-state index contributed by atoms with van der Waals surface area (Å²) in [7, 11) is 0. The van der Waals surface area contributed by atoms with Crippen molar-refractivity contribution in [1.82, 2.24) is 20.4 Å². The molecule has 23 heavy (non-hydrogen) atoms. The van der Waals surface area contributed by atoms with Crippen molar-refractivity contribution in [3.8, 4) is 11.3 Å². The maximum Gasteiger partial charge on any atom is 0.272 e. The molecular weight excluding hydrogens is 312 g/mol. The molecule has 2 aliphatic rings. The van der Waals surface area contributed by atoms with Crippen LogP contribution in [0.15, 0.2) is 30.3 Å². The first kappa shape index (κ1) is 14.7. The standard InChI is InChI=1S/C17H19ClN4O/c18-14-4-2-1-3-13(14)15-9-16(21-20-15)17(23)22-11-5-6-12(22)10-19-8-7-11/h1-4,9,11-12,19H,5-8,10H2,(H,20,21). The number of hydrogen-bond acceptors (Lipinski definition) is 3. The van der Waals surface area contributed by atoms with Crippen LogP contribution in [0, 0.1) is 0 Å². The van der Waals surface area contributed by atoms with Crippen molar-refractivity contribution in [2.24, 2.45) is 0 Å². The van der Waals surface area contributed by atoms with Crippen LogP contribution in [0.2, 0.25) is 5.02 Å². The molecule has 2 fully saturated rings. The Morgan fingerprint density at radius 2 is 2.04 bits per heavy atom. The maximum absolute atomic E-state index is 12.9. The number of halogens is 1. The molecule has 3 heterocycles. The lowest BCUT2D eigenvalue weighted by molar-refractivity contribution is 0.0674. The number of H-pyrrole nitrogens is 1. The Labute approximate surface area is 140 Å². The lowest BCUT2D eigenvalue weighted by Crippen LogP contribution is -2.42. The number of aromatic nitrogens is 2. The third-order valence-electron chi connectivity index (χ3n) is 4.85. The summed E-state index contributed by atoms with van der Waals surface area (Å²) in [5.74, 6) is 0.0482. The fourth-order valence-corrected chi connectivity index (χ4v) is 3.92. The average Bonchev–Trinajstić information content (AvgIpc) is 3.11. The van der Waals surface area contributed by atoms with Crippen molar-refractivity contribution in [2.75, 3.05) is 13.1 Å². The second-order valence-corrected chi connectivity index (χ2v) is 6.64. The number of fused-ring (bicyclic) bond motifs is 2. The molecule has 2 unspecified atom stereocenters. The Bertz CT molecular complexity index is 715. The van der Waals surface area contributed by atoms with Gasteiger partial charge in [0.1, 0.15) is 5.69 Å². The van der Waals surface area contributed by atoms with E-state index in [-0.39, 0.29) is 5.91 Å². The van der Waals surface area contributed by atoms with Crippen LogP contribution in [0.4, 0.5) is 0 Å². The van der Waals surface area contributed by atoms with E-state index >= 15 is 0 Å². The van der Waals surface area contributed by atoms with Crippen molar-refractivity contribution in [2.45, 2.75) is 31.3 Å². The van der Waals surface area contributed by atoms with Crippen molar-refractivity contribution in [3.05, 3.63) is 41.0 Å². The number of carbonyl (C=O) groups is 1. The Morgan fingerprint density at radius 1 is 1.22 bits per heavy atom. The summed E-state index contributed by atoms with van der Waals surface area (Å²) in [6.45, 7) is 1.87. The van der Waals surface area contributed by atoms with E-state index in [9.17, 15) is 4.79 Å². The lowest BCUT2D eigenvalue weighted by Gasteiger charge is -2.27. The Hall–Kier alpha value is -1.85. The third-order valence-corrected chi connectivity index (χ3v) is 5.18. The number of carbonyl (C=O) groups excluding carboxylic acids is 1. The SMILES string of the molecule is O=C(c1cc(-c2ccccc2Cl)n[nH]1)N1C2CCNCC1CC2. The van der Waals surface area contributed by atoms with Gasteiger partial charge in [-0.3, -0.25) is 9.89 Å². The van der Waals surface area contributed by atoms with Gasteiger partial charge in [0.25, 0.3) is 5.91 Å². The van der Waals surface area contributed by atoms with Crippen LogP contribution < -0.4 is 5.32 Å². The summed E-state index contributed by atoms with van der Waals surface area (Å²) in [6, 6.07) is 9.97. The molecule has 0 aliphatic carbocycles. The van der Waals surface area contributed by atoms with E-state index in [0.717, 1.165) is 37.9 Å². The number of aromatic amines is 1. The number of benzene rings is 1. The minimum absolute atomic E-state index is 0.0482. The molecule has 2 aliphatic heterocycles. The highest BCUT2D eigenvalue weighted by atomic mass is 35.5. The molecular formula is C17H19ClN4O. The molecule has 0 saturated carbocycles. The largest absolute Gasteiger partial charge is 0.330 e. The molecule has 1 amide bonds. The van der Waals surface area contributed by atoms with Crippen LogP contribution in [0.1, 0.15) is 29.8 Å². The van der Waals surface area contributed by atoms with E-state index in [0.29, 0.717) is 28.5 Å². The Balaban J connectivity index is 1.62. The summed E-state index contributed by atoms with van der Waals surface area (Å²) < 4.78 is 0. The Kier molecular flexibility index (Phi) is 3.83. The topological polar surface area (TPSA) is 61.0 Å². The minimum atomic E-state index is 0.0482. The summed E-state index contributed by atoms with van der Waals surface area (Å²) in [5, 5.41) is 11.2. The molecule has 2 N–H and O–H groups in total. The van der Waals surface area contributed by atoms with Gasteiger partial charge in [-0.1, -0.05) is 29.8 Å². The highest BCUT2D eigenvalue weighted by Crippen LogP contribution is 2.31. The molecule has 0 radical (unpaired) electrons. The summed E-state index contributed by atoms with van der Waals surface area (Å²) in [5.41, 5.74) is 2.09. The van der Waals surface area contributed by atoms with E-state index in [1.54, 1.807) is 6.07 Å². The highest BCUT2D eigenvalue weighted by molar-refractivity contribution is 6.33. The second-order valence-electron chi connectivity index (χ2n) is 6.24. The van der Waals surface area contributed by atoms with Gasteiger partial charge in [0.15, 0.2) is 0 Å². The molecule has 4 rings (SSSR count). The van der Waals surface area contributed by atoms with Gasteiger partial charge in [-0.05, 0) is 37.9 Å². The fraction of sp³-hybridized carbons (Fsp3) is 0.412. The van der Waals surface area contributed by atoms with Gasteiger partial charge < -0.3 is 10.2 Å². The van der Waals surface area contributed by atoms with Gasteiger partial charge in [-0.15, -0.1) is 0 Å². The predicted molar refractivity (Wildman–Crippen MR) is 89.5 cm³/mol. The molecule has 6 heteroatoms. The molecule has 2 aromatic rings. The molecule has 1 aromatic heterocycles. The van der Waals surface area contributed by atoms with Crippen LogP contribution >= 0.6 is 11.6 Å². The van der Waals surface area contributed by atoms with Crippen molar-refractivity contribution < 1.29 is 4.79 Å². The lowest BCUT2D eigenvalue weighted by atomic mass is 10.1. The first-order valence-corrected chi connectivity index (χ1v) is 8.45. The van der Waals surface area contributed by atoms with Crippen molar-refractivity contribution in [3.63, 3.8) is 0 Å². The quantitative estimate of drug-likeness (QED) is 0.890. The molecule has 2 saturated heterocycles. The van der Waals surface area contributed by atoms with Crippen LogP contribution in [-0.2, 0) is 0 Å². The molecule has 0 spiro atoms. The van der Waals surface area contributed by atoms with E-state index in [1.165, 1.54) is 0 Å². The zero-order chi connectivity index (χ0) is 15.8. The zero-order valence-electron chi connectivity index (χ0n) is 12.8. The fourth-order valence-electron chi connectivity index (χ4n) is 3.69. The smallest absolute Gasteiger partial charge is 0.272 e. The number of amides is 1. The van der Waals surface area contributed by atoms with Crippen LogP contribution in [0.5, 0.6) is 0 Å². The van der Waals surface area contributed by atoms with E-state index in [4.69, 9.17) is 11.6 Å². The average molecular weight is 331 g/mol. The second kappa shape index (κ2) is 5.98. The molecule has 1 aromatic carbocycles. The van der Waals surface area contributed by atoms with Crippen LogP contribution in [-0.4, -0.2) is 46.2 Å². The van der Waals surface area contributed by atoms with Crippen molar-refractivity contribution in [1.29, 1.82) is 0 Å². The van der Waals surface area contributed by atoms with Crippen LogP contribution in [0.25, 0.3) is 11.3 Å². The molecule has 120 valence electrons. The minimum Gasteiger partial charge on any atom is -0.330 e. The van der Waals surface area contributed by atoms with Gasteiger partial charge in [0.05, 0.1) is 10.7 Å². The summed E-state index contributed by atoms with van der Waals surface area (Å²) in [6.07, 6.45) is 3.20. The summed E-state index contributed by atoms with van der Waals surface area (Å²) in [4.78, 5) is 15.0. The van der Waals surface area contributed by atoms with E-state index < -0.39 is 0 Å². The van der Waals surface area contributed by atoms with E-state index in [2.05, 4.69) is 15.5 Å². The first-order chi connectivity index (χ1) is 11.2. The maximum atomic E-state index is 12.9. The van der Waals surface area contributed by atoms with Gasteiger partial charge >= 0.3 is 0 Å².